The van der Waals surface area contributed by atoms with E-state index in [4.69, 9.17) is 4.74 Å². The van der Waals surface area contributed by atoms with Crippen LogP contribution < -0.4 is 0 Å². The molecular weight excluding hydrogens is 330 g/mol. The topological polar surface area (TPSA) is 67.6 Å². The van der Waals surface area contributed by atoms with Crippen molar-refractivity contribution in [2.45, 2.75) is 32.7 Å². The molecule has 1 N–H and O–H groups in total. The van der Waals surface area contributed by atoms with Crippen molar-refractivity contribution in [1.82, 2.24) is 14.5 Å². The smallest absolute Gasteiger partial charge is 0.224 e. The largest absolute Gasteiger partial charge is 0.396 e. The first-order chi connectivity index (χ1) is 12.7. The molecule has 0 bridgehead atoms. The first-order valence-corrected chi connectivity index (χ1v) is 9.57. The van der Waals surface area contributed by atoms with Gasteiger partial charge in [-0.1, -0.05) is 19.1 Å². The van der Waals surface area contributed by atoms with Crippen LogP contribution in [0.1, 0.15) is 25.6 Å². The zero-order valence-electron chi connectivity index (χ0n) is 15.4. The summed E-state index contributed by atoms with van der Waals surface area (Å²) in [5, 5.41) is 9.89. The highest BCUT2D eigenvalue weighted by atomic mass is 16.5. The van der Waals surface area contributed by atoms with E-state index in [1.165, 1.54) is 0 Å². The minimum absolute atomic E-state index is 0.0909. The predicted octanol–water partition coefficient (Wildman–Crippen LogP) is 1.85. The number of nitrogens with zero attached hydrogens (tertiary/aromatic N) is 3. The number of aliphatic hydroxyl groups is 1. The zero-order chi connectivity index (χ0) is 18.1. The molecule has 0 radical (unpaired) electrons. The molecule has 3 heterocycles. The lowest BCUT2D eigenvalue weighted by molar-refractivity contribution is -0.131. The fraction of sp³-hybridized carbons (Fsp3) is 0.600. The van der Waals surface area contributed by atoms with Crippen LogP contribution >= 0.6 is 0 Å². The van der Waals surface area contributed by atoms with E-state index in [1.807, 2.05) is 23.1 Å². The van der Waals surface area contributed by atoms with Gasteiger partial charge in [-0.15, -0.1) is 0 Å². The average molecular weight is 357 g/mol. The van der Waals surface area contributed by atoms with Crippen LogP contribution in [0.5, 0.6) is 0 Å². The number of imidazole rings is 1. The fourth-order valence-electron chi connectivity index (χ4n) is 4.52. The SMILES string of the molecule is CCc1nc2ccccc2n1CCC(=O)N1C[C@@H]2CCOC[C@]2(CO)C1. The maximum absolute atomic E-state index is 12.8. The van der Waals surface area contributed by atoms with Crippen molar-refractivity contribution in [1.29, 1.82) is 0 Å². The van der Waals surface area contributed by atoms with Crippen molar-refractivity contribution >= 4 is 16.9 Å². The highest BCUT2D eigenvalue weighted by Crippen LogP contribution is 2.41. The molecule has 4 rings (SSSR count). The minimum atomic E-state index is -0.260. The Hall–Kier alpha value is -1.92. The molecule has 6 heteroatoms. The molecule has 2 aliphatic rings. The number of likely N-dealkylation sites (tertiary alicyclic amines) is 1. The van der Waals surface area contributed by atoms with Gasteiger partial charge in [-0.2, -0.15) is 0 Å². The summed E-state index contributed by atoms with van der Waals surface area (Å²) in [5.74, 6) is 1.53. The van der Waals surface area contributed by atoms with Gasteiger partial charge in [0, 0.05) is 44.5 Å². The van der Waals surface area contributed by atoms with Crippen LogP contribution in [0, 0.1) is 11.3 Å². The molecule has 0 aliphatic carbocycles. The Labute approximate surface area is 153 Å². The van der Waals surface area contributed by atoms with E-state index in [-0.39, 0.29) is 17.9 Å². The lowest BCUT2D eigenvalue weighted by Gasteiger charge is -2.36. The van der Waals surface area contributed by atoms with Gasteiger partial charge in [0.25, 0.3) is 0 Å². The molecule has 2 aromatic rings. The molecule has 1 amide bonds. The Morgan fingerprint density at radius 2 is 2.27 bits per heavy atom. The Morgan fingerprint density at radius 1 is 1.42 bits per heavy atom. The molecule has 2 atom stereocenters. The third kappa shape index (κ3) is 2.91. The van der Waals surface area contributed by atoms with Crippen LogP contribution in [0.3, 0.4) is 0 Å². The fourth-order valence-corrected chi connectivity index (χ4v) is 4.52. The van der Waals surface area contributed by atoms with Gasteiger partial charge in [-0.3, -0.25) is 4.79 Å². The number of carbonyl (C=O) groups is 1. The van der Waals surface area contributed by atoms with Gasteiger partial charge in [0.2, 0.25) is 5.91 Å². The quantitative estimate of drug-likeness (QED) is 0.887. The number of hydrogen-bond donors (Lipinski definition) is 1. The first kappa shape index (κ1) is 17.5. The van der Waals surface area contributed by atoms with E-state index in [2.05, 4.69) is 22.5 Å². The van der Waals surface area contributed by atoms with E-state index in [9.17, 15) is 9.90 Å². The van der Waals surface area contributed by atoms with Crippen LogP contribution in [-0.4, -0.2) is 58.4 Å². The molecule has 2 fully saturated rings. The third-order valence-electron chi connectivity index (χ3n) is 6.08. The summed E-state index contributed by atoms with van der Waals surface area (Å²) >= 11 is 0. The van der Waals surface area contributed by atoms with E-state index < -0.39 is 0 Å². The Kier molecular flexibility index (Phi) is 4.71. The number of ether oxygens (including phenoxy) is 1. The highest BCUT2D eigenvalue weighted by molar-refractivity contribution is 5.78. The van der Waals surface area contributed by atoms with Crippen molar-refractivity contribution in [3.63, 3.8) is 0 Å². The second kappa shape index (κ2) is 7.00. The van der Waals surface area contributed by atoms with Gasteiger partial charge in [-0.05, 0) is 24.5 Å². The normalized spacial score (nSPS) is 25.6. The first-order valence-electron chi connectivity index (χ1n) is 9.57. The standard InChI is InChI=1S/C20H27N3O3/c1-2-18-21-16-5-3-4-6-17(16)23(18)9-7-19(25)22-11-15-8-10-26-14-20(15,12-22)13-24/h3-6,15,24H,2,7-14H2,1H3/t15-,20+/m0/s1. The molecule has 2 saturated heterocycles. The number of fused-ring (bicyclic) bond motifs is 2. The number of para-hydroxylation sites is 2. The summed E-state index contributed by atoms with van der Waals surface area (Å²) in [6.45, 7) is 5.47. The summed E-state index contributed by atoms with van der Waals surface area (Å²) < 4.78 is 7.76. The lowest BCUT2D eigenvalue weighted by atomic mass is 9.76. The van der Waals surface area contributed by atoms with Crippen molar-refractivity contribution in [2.75, 3.05) is 32.9 Å². The highest BCUT2D eigenvalue weighted by Gasteiger charge is 2.49. The molecule has 0 unspecified atom stereocenters. The second-order valence-electron chi connectivity index (χ2n) is 7.60. The minimum Gasteiger partial charge on any atom is -0.396 e. The number of hydrogen-bond acceptors (Lipinski definition) is 4. The summed E-state index contributed by atoms with van der Waals surface area (Å²) in [6, 6.07) is 8.09. The van der Waals surface area contributed by atoms with Crippen LogP contribution in [0.4, 0.5) is 0 Å². The number of benzene rings is 1. The van der Waals surface area contributed by atoms with E-state index in [1.54, 1.807) is 0 Å². The van der Waals surface area contributed by atoms with Crippen LogP contribution in [0.25, 0.3) is 11.0 Å². The monoisotopic (exact) mass is 357 g/mol. The number of carbonyl (C=O) groups excluding carboxylic acids is 1. The molecular formula is C20H27N3O3. The van der Waals surface area contributed by atoms with E-state index in [0.717, 1.165) is 42.9 Å². The molecule has 6 nitrogen and oxygen atoms in total. The van der Waals surface area contributed by atoms with E-state index >= 15 is 0 Å². The third-order valence-corrected chi connectivity index (χ3v) is 6.08. The summed E-state index contributed by atoms with van der Waals surface area (Å²) in [7, 11) is 0. The molecule has 2 aliphatic heterocycles. The van der Waals surface area contributed by atoms with Gasteiger partial charge in [0.1, 0.15) is 5.82 Å². The number of amides is 1. The van der Waals surface area contributed by atoms with Gasteiger partial charge < -0.3 is 19.3 Å². The predicted molar refractivity (Wildman–Crippen MR) is 98.8 cm³/mol. The Bertz CT molecular complexity index is 803. The zero-order valence-corrected chi connectivity index (χ0v) is 15.4. The van der Waals surface area contributed by atoms with Crippen molar-refractivity contribution in [3.05, 3.63) is 30.1 Å². The maximum Gasteiger partial charge on any atom is 0.224 e. The molecule has 140 valence electrons. The number of aliphatic hydroxyl groups excluding tert-OH is 1. The summed E-state index contributed by atoms with van der Waals surface area (Å²) in [5.41, 5.74) is 1.82. The van der Waals surface area contributed by atoms with Gasteiger partial charge in [0.05, 0.1) is 24.2 Å². The van der Waals surface area contributed by atoms with Crippen molar-refractivity contribution < 1.29 is 14.6 Å². The van der Waals surface area contributed by atoms with Gasteiger partial charge in [-0.25, -0.2) is 4.98 Å². The van der Waals surface area contributed by atoms with Crippen molar-refractivity contribution in [3.8, 4) is 0 Å². The van der Waals surface area contributed by atoms with Crippen LogP contribution in [0.2, 0.25) is 0 Å². The van der Waals surface area contributed by atoms with E-state index in [0.29, 0.717) is 32.0 Å². The molecule has 0 spiro atoms. The number of rotatable bonds is 5. The number of aryl methyl sites for hydroxylation is 2. The number of aromatic nitrogens is 2. The molecule has 0 saturated carbocycles. The summed E-state index contributed by atoms with van der Waals surface area (Å²) in [6.07, 6.45) is 2.23. The van der Waals surface area contributed by atoms with Gasteiger partial charge >= 0.3 is 0 Å². The Morgan fingerprint density at radius 3 is 3.04 bits per heavy atom. The van der Waals surface area contributed by atoms with Crippen molar-refractivity contribution in [2.24, 2.45) is 11.3 Å². The summed E-state index contributed by atoms with van der Waals surface area (Å²) in [4.78, 5) is 19.5. The average Bonchev–Trinajstić information content (AvgIpc) is 3.24. The van der Waals surface area contributed by atoms with Crippen LogP contribution in [0.15, 0.2) is 24.3 Å². The molecule has 1 aromatic carbocycles. The lowest BCUT2D eigenvalue weighted by Crippen LogP contribution is -2.43. The Balaban J connectivity index is 1.47. The maximum atomic E-state index is 12.8. The molecule has 26 heavy (non-hydrogen) atoms. The molecule has 1 aromatic heterocycles. The van der Waals surface area contributed by atoms with Gasteiger partial charge in [0.15, 0.2) is 0 Å². The second-order valence-corrected chi connectivity index (χ2v) is 7.60. The van der Waals surface area contributed by atoms with Crippen LogP contribution in [-0.2, 0) is 22.5 Å².